The molecule has 1 atom stereocenters. The topological polar surface area (TPSA) is 99.3 Å². The summed E-state index contributed by atoms with van der Waals surface area (Å²) in [4.78, 5) is 35.5. The van der Waals surface area contributed by atoms with Gasteiger partial charge in [-0.1, -0.05) is 6.92 Å². The number of anilines is 1. The summed E-state index contributed by atoms with van der Waals surface area (Å²) in [5, 5.41) is 10.8. The van der Waals surface area contributed by atoms with E-state index in [1.165, 1.54) is 0 Å². The maximum absolute atomic E-state index is 12.1. The molecule has 0 fully saturated rings. The predicted octanol–water partition coefficient (Wildman–Crippen LogP) is 2.17. The number of hydrogen-bond donors (Lipinski definition) is 4. The van der Waals surface area contributed by atoms with Crippen molar-refractivity contribution in [3.63, 3.8) is 0 Å². The fraction of sp³-hybridized carbons (Fsp3) is 0.500. The minimum atomic E-state index is -0.473. The number of nitrogens with one attached hydrogen (secondary N) is 4. The Labute approximate surface area is 148 Å². The summed E-state index contributed by atoms with van der Waals surface area (Å²) in [5.41, 5.74) is 1.89. The van der Waals surface area contributed by atoms with Gasteiger partial charge in [-0.3, -0.25) is 9.59 Å². The first-order valence-electron chi connectivity index (χ1n) is 8.48. The summed E-state index contributed by atoms with van der Waals surface area (Å²) in [7, 11) is 0. The highest BCUT2D eigenvalue weighted by molar-refractivity contribution is 5.97. The van der Waals surface area contributed by atoms with Crippen LogP contribution < -0.4 is 21.3 Å². The van der Waals surface area contributed by atoms with Crippen LogP contribution in [0.3, 0.4) is 0 Å². The van der Waals surface area contributed by atoms with Gasteiger partial charge in [0.05, 0.1) is 6.54 Å². The van der Waals surface area contributed by atoms with Gasteiger partial charge in [-0.05, 0) is 57.9 Å². The van der Waals surface area contributed by atoms with Crippen LogP contribution >= 0.6 is 0 Å². The van der Waals surface area contributed by atoms with Crippen LogP contribution in [0.15, 0.2) is 18.2 Å². The van der Waals surface area contributed by atoms with E-state index in [2.05, 4.69) is 21.3 Å². The minimum absolute atomic E-state index is 0.0220. The lowest BCUT2D eigenvalue weighted by Crippen LogP contribution is -2.41. The van der Waals surface area contributed by atoms with E-state index in [-0.39, 0.29) is 30.4 Å². The van der Waals surface area contributed by atoms with Crippen molar-refractivity contribution >= 4 is 23.5 Å². The van der Waals surface area contributed by atoms with Gasteiger partial charge in [0, 0.05) is 23.3 Å². The van der Waals surface area contributed by atoms with Gasteiger partial charge in [-0.2, -0.15) is 0 Å². The molecule has 0 saturated carbocycles. The van der Waals surface area contributed by atoms with Crippen LogP contribution in [-0.2, 0) is 4.79 Å². The SMILES string of the molecule is CCC(C)NC(=O)c1ccc(NC(=O)NCC(=O)NC(C)C)c(C)c1. The van der Waals surface area contributed by atoms with Crippen LogP contribution in [0.4, 0.5) is 10.5 Å². The lowest BCUT2D eigenvalue weighted by Gasteiger charge is -2.14. The smallest absolute Gasteiger partial charge is 0.319 e. The number of amides is 4. The van der Waals surface area contributed by atoms with Crippen LogP contribution in [0.2, 0.25) is 0 Å². The number of benzene rings is 1. The quantitative estimate of drug-likeness (QED) is 0.608. The molecule has 0 radical (unpaired) electrons. The molecule has 1 rings (SSSR count). The molecule has 7 nitrogen and oxygen atoms in total. The van der Waals surface area contributed by atoms with E-state index in [4.69, 9.17) is 0 Å². The average molecular weight is 348 g/mol. The highest BCUT2D eigenvalue weighted by Gasteiger charge is 2.12. The summed E-state index contributed by atoms with van der Waals surface area (Å²) in [5.74, 6) is -0.391. The molecule has 138 valence electrons. The van der Waals surface area contributed by atoms with Crippen molar-refractivity contribution in [2.45, 2.75) is 53.1 Å². The number of urea groups is 1. The van der Waals surface area contributed by atoms with Crippen LogP contribution in [0.1, 0.15) is 50.0 Å². The Hall–Kier alpha value is -2.57. The summed E-state index contributed by atoms with van der Waals surface area (Å²) in [6, 6.07) is 4.71. The van der Waals surface area contributed by atoms with E-state index >= 15 is 0 Å². The van der Waals surface area contributed by atoms with E-state index in [1.807, 2.05) is 27.7 Å². The number of aryl methyl sites for hydroxylation is 1. The molecule has 0 aromatic heterocycles. The fourth-order valence-electron chi connectivity index (χ4n) is 2.05. The van der Waals surface area contributed by atoms with Crippen LogP contribution in [0.25, 0.3) is 0 Å². The van der Waals surface area contributed by atoms with Gasteiger partial charge in [-0.25, -0.2) is 4.79 Å². The van der Waals surface area contributed by atoms with Crippen molar-refractivity contribution in [2.75, 3.05) is 11.9 Å². The first-order chi connectivity index (χ1) is 11.7. The molecule has 0 aliphatic carbocycles. The monoisotopic (exact) mass is 348 g/mol. The summed E-state index contributed by atoms with van der Waals surface area (Å²) < 4.78 is 0. The Morgan fingerprint density at radius 2 is 1.76 bits per heavy atom. The molecule has 25 heavy (non-hydrogen) atoms. The first kappa shape index (κ1) is 20.5. The average Bonchev–Trinajstić information content (AvgIpc) is 2.54. The highest BCUT2D eigenvalue weighted by atomic mass is 16.2. The molecule has 4 amide bonds. The van der Waals surface area contributed by atoms with Crippen molar-refractivity contribution in [1.82, 2.24) is 16.0 Å². The second-order valence-electron chi connectivity index (χ2n) is 6.34. The number of carbonyl (C=O) groups excluding carboxylic acids is 3. The van der Waals surface area contributed by atoms with Gasteiger partial charge in [0.15, 0.2) is 0 Å². The zero-order valence-corrected chi connectivity index (χ0v) is 15.5. The second kappa shape index (κ2) is 9.66. The van der Waals surface area contributed by atoms with E-state index < -0.39 is 6.03 Å². The third-order valence-corrected chi connectivity index (χ3v) is 3.59. The summed E-state index contributed by atoms with van der Waals surface area (Å²) >= 11 is 0. The van der Waals surface area contributed by atoms with Crippen LogP contribution in [0.5, 0.6) is 0 Å². The maximum atomic E-state index is 12.1. The Bertz CT molecular complexity index is 629. The molecule has 1 unspecified atom stereocenters. The molecule has 4 N–H and O–H groups in total. The highest BCUT2D eigenvalue weighted by Crippen LogP contribution is 2.16. The Morgan fingerprint density at radius 1 is 1.08 bits per heavy atom. The molecule has 0 aliphatic heterocycles. The van der Waals surface area contributed by atoms with Crippen molar-refractivity contribution in [1.29, 1.82) is 0 Å². The molecule has 0 bridgehead atoms. The van der Waals surface area contributed by atoms with E-state index in [9.17, 15) is 14.4 Å². The second-order valence-corrected chi connectivity index (χ2v) is 6.34. The van der Waals surface area contributed by atoms with Crippen molar-refractivity contribution in [3.05, 3.63) is 29.3 Å². The lowest BCUT2D eigenvalue weighted by molar-refractivity contribution is -0.120. The molecule has 1 aromatic rings. The van der Waals surface area contributed by atoms with Crippen molar-refractivity contribution in [3.8, 4) is 0 Å². The van der Waals surface area contributed by atoms with Gasteiger partial charge < -0.3 is 21.3 Å². The Balaban J connectivity index is 2.61. The minimum Gasteiger partial charge on any atom is -0.352 e. The normalized spacial score (nSPS) is 11.6. The van der Waals surface area contributed by atoms with E-state index in [0.717, 1.165) is 12.0 Å². The molecular formula is C18H28N4O3. The Kier molecular flexibility index (Phi) is 7.91. The van der Waals surface area contributed by atoms with Gasteiger partial charge in [0.2, 0.25) is 5.91 Å². The van der Waals surface area contributed by atoms with Crippen molar-refractivity contribution < 1.29 is 14.4 Å². The number of rotatable bonds is 7. The summed E-state index contributed by atoms with van der Waals surface area (Å²) in [6.07, 6.45) is 0.856. The van der Waals surface area contributed by atoms with Gasteiger partial charge in [-0.15, -0.1) is 0 Å². The number of carbonyl (C=O) groups is 3. The van der Waals surface area contributed by atoms with Crippen LogP contribution in [-0.4, -0.2) is 36.5 Å². The maximum Gasteiger partial charge on any atom is 0.319 e. The zero-order valence-electron chi connectivity index (χ0n) is 15.5. The first-order valence-corrected chi connectivity index (χ1v) is 8.48. The lowest BCUT2D eigenvalue weighted by atomic mass is 10.1. The molecule has 0 aliphatic rings. The zero-order chi connectivity index (χ0) is 19.0. The van der Waals surface area contributed by atoms with Crippen molar-refractivity contribution in [2.24, 2.45) is 0 Å². The largest absolute Gasteiger partial charge is 0.352 e. The van der Waals surface area contributed by atoms with Crippen LogP contribution in [0, 0.1) is 6.92 Å². The molecule has 7 heteroatoms. The fourth-order valence-corrected chi connectivity index (χ4v) is 2.05. The Morgan fingerprint density at radius 3 is 2.32 bits per heavy atom. The van der Waals surface area contributed by atoms with E-state index in [1.54, 1.807) is 25.1 Å². The summed E-state index contributed by atoms with van der Waals surface area (Å²) in [6.45, 7) is 9.35. The molecule has 0 saturated heterocycles. The molecule has 0 heterocycles. The van der Waals surface area contributed by atoms with Gasteiger partial charge in [0.25, 0.3) is 5.91 Å². The molecule has 1 aromatic carbocycles. The third-order valence-electron chi connectivity index (χ3n) is 3.59. The van der Waals surface area contributed by atoms with Gasteiger partial charge >= 0.3 is 6.03 Å². The van der Waals surface area contributed by atoms with E-state index in [0.29, 0.717) is 11.3 Å². The predicted molar refractivity (Wildman–Crippen MR) is 98.7 cm³/mol. The standard InChI is InChI=1S/C18H28N4O3/c1-6-13(5)21-17(24)14-7-8-15(12(4)9-14)22-18(25)19-10-16(23)20-11(2)3/h7-9,11,13H,6,10H2,1-5H3,(H,20,23)(H,21,24)(H2,19,22,25). The number of hydrogen-bond acceptors (Lipinski definition) is 3. The third kappa shape index (κ3) is 7.24. The molecule has 0 spiro atoms. The van der Waals surface area contributed by atoms with Gasteiger partial charge in [0.1, 0.15) is 0 Å². The molecular weight excluding hydrogens is 320 g/mol.